The molecule has 0 aliphatic heterocycles. The summed E-state index contributed by atoms with van der Waals surface area (Å²) in [4.78, 5) is 11.0. The molecule has 1 atom stereocenters. The fraction of sp³-hybridized carbons (Fsp3) is 0.889. The molecule has 0 aromatic heterocycles. The van der Waals surface area contributed by atoms with Crippen molar-refractivity contribution in [1.29, 1.82) is 0 Å². The first-order valence-corrected chi connectivity index (χ1v) is 5.62. The molecule has 1 aliphatic carbocycles. The summed E-state index contributed by atoms with van der Waals surface area (Å²) in [5, 5.41) is 9.11. The maximum atomic E-state index is 11.0. The summed E-state index contributed by atoms with van der Waals surface area (Å²) in [5.41, 5.74) is 0. The summed E-state index contributed by atoms with van der Waals surface area (Å²) in [7, 11) is 0. The monoisotopic (exact) mass is 188 g/mol. The van der Waals surface area contributed by atoms with Gasteiger partial charge in [0.2, 0.25) is 0 Å². The topological polar surface area (TPSA) is 37.3 Å². The molecule has 0 aromatic rings. The van der Waals surface area contributed by atoms with Gasteiger partial charge >= 0.3 is 0 Å². The first-order chi connectivity index (χ1) is 5.83. The molecule has 0 radical (unpaired) electrons. The third-order valence-electron chi connectivity index (χ3n) is 2.09. The van der Waals surface area contributed by atoms with Crippen LogP contribution in [-0.2, 0) is 4.79 Å². The maximum Gasteiger partial charge on any atom is 0.134 e. The Balaban J connectivity index is 2.10. The van der Waals surface area contributed by atoms with Crippen LogP contribution in [0.1, 0.15) is 32.1 Å². The highest BCUT2D eigenvalue weighted by atomic mass is 32.2. The molecule has 0 aromatic carbocycles. The second-order valence-corrected chi connectivity index (χ2v) is 4.61. The van der Waals surface area contributed by atoms with Crippen LogP contribution in [-0.4, -0.2) is 28.5 Å². The normalized spacial score (nSPS) is 24.4. The largest absolute Gasteiger partial charge is 0.396 e. The highest BCUT2D eigenvalue weighted by molar-refractivity contribution is 7.99. The first kappa shape index (κ1) is 10.1. The van der Waals surface area contributed by atoms with Gasteiger partial charge in [0.05, 0.1) is 0 Å². The van der Waals surface area contributed by atoms with Crippen molar-refractivity contribution in [2.24, 2.45) is 0 Å². The fourth-order valence-electron chi connectivity index (χ4n) is 1.44. The van der Waals surface area contributed by atoms with Crippen LogP contribution in [0.3, 0.4) is 0 Å². The number of hydrogen-bond acceptors (Lipinski definition) is 3. The van der Waals surface area contributed by atoms with Crippen LogP contribution in [0.25, 0.3) is 0 Å². The van der Waals surface area contributed by atoms with Gasteiger partial charge < -0.3 is 5.11 Å². The van der Waals surface area contributed by atoms with Crippen molar-refractivity contribution in [2.75, 3.05) is 12.4 Å². The number of aliphatic hydroxyl groups excluding tert-OH is 1. The van der Waals surface area contributed by atoms with E-state index in [0.29, 0.717) is 11.0 Å². The lowest BCUT2D eigenvalue weighted by Crippen LogP contribution is -2.17. The Labute approximate surface area is 77.7 Å². The third kappa shape index (κ3) is 3.59. The van der Waals surface area contributed by atoms with E-state index in [1.807, 2.05) is 11.8 Å². The van der Waals surface area contributed by atoms with Crippen molar-refractivity contribution in [2.45, 2.75) is 37.4 Å². The minimum atomic E-state index is 0.271. The summed E-state index contributed by atoms with van der Waals surface area (Å²) >= 11 is 1.84. The minimum Gasteiger partial charge on any atom is -0.396 e. The summed E-state index contributed by atoms with van der Waals surface area (Å²) < 4.78 is 0. The van der Waals surface area contributed by atoms with Crippen molar-refractivity contribution in [3.63, 3.8) is 0 Å². The fourth-order valence-corrected chi connectivity index (χ4v) is 2.71. The average molecular weight is 188 g/mol. The van der Waals surface area contributed by atoms with Crippen LogP contribution in [0.4, 0.5) is 0 Å². The van der Waals surface area contributed by atoms with Crippen LogP contribution in [0.2, 0.25) is 0 Å². The Morgan fingerprint density at radius 1 is 1.58 bits per heavy atom. The average Bonchev–Trinajstić information content (AvgIpc) is 2.05. The summed E-state index contributed by atoms with van der Waals surface area (Å²) in [5.74, 6) is 1.41. The third-order valence-corrected chi connectivity index (χ3v) is 3.49. The second kappa shape index (κ2) is 5.60. The van der Waals surface area contributed by atoms with Crippen molar-refractivity contribution in [3.05, 3.63) is 0 Å². The van der Waals surface area contributed by atoms with Gasteiger partial charge in [0.1, 0.15) is 5.78 Å². The van der Waals surface area contributed by atoms with E-state index >= 15 is 0 Å². The number of thioether (sulfide) groups is 1. The molecule has 12 heavy (non-hydrogen) atoms. The molecule has 0 saturated heterocycles. The zero-order valence-electron chi connectivity index (χ0n) is 7.29. The van der Waals surface area contributed by atoms with Crippen molar-refractivity contribution in [3.8, 4) is 0 Å². The molecule has 1 unspecified atom stereocenters. The van der Waals surface area contributed by atoms with Crippen molar-refractivity contribution >= 4 is 17.5 Å². The van der Waals surface area contributed by atoms with E-state index in [1.54, 1.807) is 0 Å². The predicted octanol–water partition coefficient (Wildman–Crippen LogP) is 1.61. The SMILES string of the molecule is O=C1CCCC(SCCCO)C1. The van der Waals surface area contributed by atoms with E-state index in [1.165, 1.54) is 6.42 Å². The highest BCUT2D eigenvalue weighted by Gasteiger charge is 2.18. The Morgan fingerprint density at radius 3 is 3.08 bits per heavy atom. The van der Waals surface area contributed by atoms with E-state index in [-0.39, 0.29) is 6.61 Å². The van der Waals surface area contributed by atoms with E-state index in [4.69, 9.17) is 5.11 Å². The number of Topliss-reactive ketones (excluding diaryl/α,β-unsaturated/α-hetero) is 1. The molecular formula is C9H16O2S. The van der Waals surface area contributed by atoms with Gasteiger partial charge in [0.25, 0.3) is 0 Å². The summed E-state index contributed by atoms with van der Waals surface area (Å²) in [6.07, 6.45) is 4.65. The van der Waals surface area contributed by atoms with Gasteiger partial charge in [-0.05, 0) is 25.0 Å². The molecule has 0 amide bonds. The lowest BCUT2D eigenvalue weighted by atomic mass is 9.99. The molecule has 1 rings (SSSR count). The van der Waals surface area contributed by atoms with Crippen LogP contribution < -0.4 is 0 Å². The number of ketones is 1. The lowest BCUT2D eigenvalue weighted by Gasteiger charge is -2.19. The zero-order valence-corrected chi connectivity index (χ0v) is 8.11. The number of carbonyl (C=O) groups is 1. The van der Waals surface area contributed by atoms with Gasteiger partial charge in [-0.15, -0.1) is 0 Å². The molecule has 1 N–H and O–H groups in total. The van der Waals surface area contributed by atoms with Gasteiger partial charge in [-0.3, -0.25) is 4.79 Å². The first-order valence-electron chi connectivity index (χ1n) is 4.57. The standard InChI is InChI=1S/C9H16O2S/c10-5-2-6-12-9-4-1-3-8(11)7-9/h9-10H,1-7H2. The lowest BCUT2D eigenvalue weighted by molar-refractivity contribution is -0.120. The van der Waals surface area contributed by atoms with Gasteiger partial charge in [-0.1, -0.05) is 0 Å². The number of hydrogen-bond donors (Lipinski definition) is 1. The highest BCUT2D eigenvalue weighted by Crippen LogP contribution is 2.26. The van der Waals surface area contributed by atoms with Gasteiger partial charge in [-0.25, -0.2) is 0 Å². The van der Waals surface area contributed by atoms with Crippen LogP contribution >= 0.6 is 11.8 Å². The van der Waals surface area contributed by atoms with Gasteiger partial charge in [-0.2, -0.15) is 11.8 Å². The van der Waals surface area contributed by atoms with Crippen LogP contribution in [0.15, 0.2) is 0 Å². The second-order valence-electron chi connectivity index (χ2n) is 3.20. The van der Waals surface area contributed by atoms with Crippen molar-refractivity contribution < 1.29 is 9.90 Å². The predicted molar refractivity (Wildman–Crippen MR) is 51.4 cm³/mol. The molecule has 70 valence electrons. The minimum absolute atomic E-state index is 0.271. The molecule has 3 heteroatoms. The van der Waals surface area contributed by atoms with E-state index in [9.17, 15) is 4.79 Å². The van der Waals surface area contributed by atoms with E-state index in [0.717, 1.165) is 31.4 Å². The Kier molecular flexibility index (Phi) is 4.69. The zero-order chi connectivity index (χ0) is 8.81. The molecule has 2 nitrogen and oxygen atoms in total. The summed E-state index contributed by atoms with van der Waals surface area (Å²) in [6.45, 7) is 0.271. The molecule has 0 heterocycles. The number of rotatable bonds is 4. The Bertz CT molecular complexity index is 147. The van der Waals surface area contributed by atoms with Gasteiger partial charge in [0, 0.05) is 24.7 Å². The number of carbonyl (C=O) groups excluding carboxylic acids is 1. The molecule has 0 spiro atoms. The van der Waals surface area contributed by atoms with Crippen LogP contribution in [0.5, 0.6) is 0 Å². The van der Waals surface area contributed by atoms with E-state index < -0.39 is 0 Å². The molecule has 1 fully saturated rings. The quantitative estimate of drug-likeness (QED) is 0.681. The summed E-state index contributed by atoms with van der Waals surface area (Å²) in [6, 6.07) is 0. The molecular weight excluding hydrogens is 172 g/mol. The Hall–Kier alpha value is -0.0200. The van der Waals surface area contributed by atoms with Gasteiger partial charge in [0.15, 0.2) is 0 Å². The molecule has 1 saturated carbocycles. The maximum absolute atomic E-state index is 11.0. The van der Waals surface area contributed by atoms with E-state index in [2.05, 4.69) is 0 Å². The smallest absolute Gasteiger partial charge is 0.134 e. The van der Waals surface area contributed by atoms with Crippen LogP contribution in [0, 0.1) is 0 Å². The number of aliphatic hydroxyl groups is 1. The Morgan fingerprint density at radius 2 is 2.42 bits per heavy atom. The molecule has 0 bridgehead atoms. The van der Waals surface area contributed by atoms with Crippen molar-refractivity contribution in [1.82, 2.24) is 0 Å². The molecule has 1 aliphatic rings.